The van der Waals surface area contributed by atoms with Crippen molar-refractivity contribution in [2.75, 3.05) is 0 Å². The van der Waals surface area contributed by atoms with Gasteiger partial charge in [0.25, 0.3) is 0 Å². The smallest absolute Gasteiger partial charge is 0.147 e. The van der Waals surface area contributed by atoms with Crippen molar-refractivity contribution in [1.82, 2.24) is 13.7 Å². The van der Waals surface area contributed by atoms with Gasteiger partial charge in [0.2, 0.25) is 0 Å². The summed E-state index contributed by atoms with van der Waals surface area (Å²) in [6.07, 6.45) is 2.37. The van der Waals surface area contributed by atoms with E-state index in [0.29, 0.717) is 22.3 Å². The van der Waals surface area contributed by atoms with Gasteiger partial charge in [0.05, 0.1) is 44.7 Å². The van der Waals surface area contributed by atoms with Crippen molar-refractivity contribution in [3.05, 3.63) is 277 Å². The molecule has 1 aliphatic carbocycles. The number of hydrogen-bond donors (Lipinski definition) is 0. The predicted octanol–water partition coefficient (Wildman–Crippen LogP) is 20.1. The first-order valence-corrected chi connectivity index (χ1v) is 27.2. The molecule has 3 aromatic heterocycles. The first kappa shape index (κ1) is 46.8. The van der Waals surface area contributed by atoms with Gasteiger partial charge in [-0.25, -0.2) is 17.6 Å². The van der Waals surface area contributed by atoms with Crippen molar-refractivity contribution in [3.63, 3.8) is 0 Å². The molecule has 0 aliphatic heterocycles. The minimum atomic E-state index is -1.15. The molecule has 0 saturated carbocycles. The quantitative estimate of drug-likeness (QED) is 0.112. The lowest BCUT2D eigenvalue weighted by atomic mass is 9.86. The Bertz CT molecular complexity index is 5080. The van der Waals surface area contributed by atoms with E-state index in [4.69, 9.17) is 0 Å². The summed E-state index contributed by atoms with van der Waals surface area (Å²) >= 11 is 0. The monoisotopic (exact) mass is 1050 g/mol. The molecule has 1 unspecified atom stereocenters. The van der Waals surface area contributed by atoms with Crippen LogP contribution in [0, 0.1) is 17.5 Å². The molecule has 16 rings (SSSR count). The lowest BCUT2D eigenvalue weighted by Gasteiger charge is -2.18. The average molecular weight is 1050 g/mol. The van der Waals surface area contributed by atoms with E-state index in [1.165, 1.54) is 62.5 Å². The van der Waals surface area contributed by atoms with Gasteiger partial charge in [0.1, 0.15) is 23.6 Å². The summed E-state index contributed by atoms with van der Waals surface area (Å²) in [7, 11) is 0. The Morgan fingerprint density at radius 1 is 0.321 bits per heavy atom. The van der Waals surface area contributed by atoms with E-state index < -0.39 is 6.17 Å². The largest absolute Gasteiger partial charge is 0.309 e. The molecule has 3 nitrogen and oxygen atoms in total. The molecule has 0 saturated heterocycles. The Balaban J connectivity index is 0.885. The molecule has 1 aliphatic rings. The fraction of sp³-hybridized carbons (Fsp3) is 0.0270. The molecule has 1 atom stereocenters. The summed E-state index contributed by atoms with van der Waals surface area (Å²) in [4.78, 5) is 0. The molecule has 7 heteroatoms. The Kier molecular flexibility index (Phi) is 10.5. The van der Waals surface area contributed by atoms with Crippen LogP contribution in [0.4, 0.5) is 17.6 Å². The number of allylic oxidation sites excluding steroid dienone is 1. The van der Waals surface area contributed by atoms with Crippen LogP contribution in [-0.2, 0) is 6.42 Å². The van der Waals surface area contributed by atoms with Crippen LogP contribution in [0.5, 0.6) is 0 Å². The lowest BCUT2D eigenvalue weighted by molar-refractivity contribution is 0.397. The second-order valence-corrected chi connectivity index (χ2v) is 21.2. The number of aromatic nitrogens is 3. The summed E-state index contributed by atoms with van der Waals surface area (Å²) < 4.78 is 67.6. The topological polar surface area (TPSA) is 14.8 Å². The van der Waals surface area contributed by atoms with E-state index in [0.717, 1.165) is 88.4 Å². The van der Waals surface area contributed by atoms with Crippen LogP contribution in [0.2, 0.25) is 0 Å². The van der Waals surface area contributed by atoms with Crippen LogP contribution < -0.4 is 0 Å². The Labute approximate surface area is 462 Å². The van der Waals surface area contributed by atoms with Gasteiger partial charge in [-0.1, -0.05) is 140 Å². The van der Waals surface area contributed by atoms with Crippen molar-refractivity contribution in [2.45, 2.75) is 12.6 Å². The standard InChI is InChI=1S/C74H45F4N3/c75-50-28-36-69-61(42-50)59-40-48(26-34-67(59)80(69)71-20-10-8-18-63(71)77)46-24-32-65-57(38-46)58-39-47(49-27-35-68-60(41-49)62-43-51(76)29-37-70(62)81(68)72-21-11-9-19-64(72)78)25-33-66(58)79(65)52-30-22-45(23-31-52)74-55-16-6-4-14-53(55)73(44-12-2-1-3-13-44)54-15-5-7-17-56(54)74/h1-42,51H,43H2. The van der Waals surface area contributed by atoms with E-state index >= 15 is 17.6 Å². The second kappa shape index (κ2) is 18.2. The number of rotatable bonds is 7. The van der Waals surface area contributed by atoms with Crippen molar-refractivity contribution >= 4 is 82.1 Å². The van der Waals surface area contributed by atoms with E-state index in [9.17, 15) is 0 Å². The SMILES string of the molecule is Fc1ccc2c(c1)c1cc(-c3ccc4c(c3)c3cc(-c5ccc6c(c5)c5c(n6-c6ccccc6F)C=CC(F)C5)ccc3n4-c3ccc(-c4c5ccccc5c(-c5ccccc5)c5ccccc45)cc3)ccc1n2-c1ccccc1F. The van der Waals surface area contributed by atoms with Gasteiger partial charge < -0.3 is 13.7 Å². The van der Waals surface area contributed by atoms with Crippen molar-refractivity contribution in [1.29, 1.82) is 0 Å². The molecule has 15 aromatic rings. The minimum Gasteiger partial charge on any atom is -0.309 e. The minimum absolute atomic E-state index is 0.192. The van der Waals surface area contributed by atoms with Crippen LogP contribution in [-0.4, -0.2) is 19.9 Å². The molecule has 0 spiro atoms. The normalized spacial score (nSPS) is 13.5. The van der Waals surface area contributed by atoms with Gasteiger partial charge in [0, 0.05) is 39.0 Å². The third-order valence-corrected chi connectivity index (χ3v) is 16.7. The Morgan fingerprint density at radius 3 is 1.23 bits per heavy atom. The van der Waals surface area contributed by atoms with Crippen molar-refractivity contribution < 1.29 is 17.6 Å². The second-order valence-electron chi connectivity index (χ2n) is 21.2. The maximum Gasteiger partial charge on any atom is 0.147 e. The molecule has 0 fully saturated rings. The zero-order chi connectivity index (χ0) is 54.0. The first-order valence-electron chi connectivity index (χ1n) is 27.2. The molecule has 0 bridgehead atoms. The third-order valence-electron chi connectivity index (χ3n) is 16.7. The number of nitrogens with zero attached hydrogens (tertiary/aromatic N) is 3. The predicted molar refractivity (Wildman–Crippen MR) is 326 cm³/mol. The number of alkyl halides is 1. The fourth-order valence-electron chi connectivity index (χ4n) is 13.2. The van der Waals surface area contributed by atoms with Gasteiger partial charge in [-0.2, -0.15) is 0 Å². The van der Waals surface area contributed by atoms with E-state index in [1.807, 2.05) is 33.4 Å². The molecule has 12 aromatic carbocycles. The molecule has 384 valence electrons. The van der Waals surface area contributed by atoms with Crippen molar-refractivity contribution in [3.8, 4) is 61.6 Å². The molecule has 0 amide bonds. The number of hydrogen-bond acceptors (Lipinski definition) is 0. The lowest BCUT2D eigenvalue weighted by Crippen LogP contribution is -2.08. The van der Waals surface area contributed by atoms with Crippen LogP contribution in [0.15, 0.2) is 249 Å². The maximum absolute atomic E-state index is 15.6. The maximum atomic E-state index is 15.6. The van der Waals surface area contributed by atoms with Crippen LogP contribution in [0.25, 0.3) is 144 Å². The van der Waals surface area contributed by atoms with Gasteiger partial charge in [-0.05, 0) is 187 Å². The highest BCUT2D eigenvalue weighted by Crippen LogP contribution is 2.46. The fourth-order valence-corrected chi connectivity index (χ4v) is 13.2. The zero-order valence-electron chi connectivity index (χ0n) is 43.4. The number of benzene rings is 12. The van der Waals surface area contributed by atoms with E-state index in [2.05, 4.69) is 168 Å². The summed E-state index contributed by atoms with van der Waals surface area (Å²) in [5.41, 5.74) is 16.2. The molecule has 0 radical (unpaired) electrons. The Morgan fingerprint density at radius 2 is 0.716 bits per heavy atom. The first-order chi connectivity index (χ1) is 39.8. The molecule has 81 heavy (non-hydrogen) atoms. The molecular formula is C74H45F4N3. The highest BCUT2D eigenvalue weighted by atomic mass is 19.1. The highest BCUT2D eigenvalue weighted by Gasteiger charge is 2.25. The van der Waals surface area contributed by atoms with Crippen LogP contribution in [0.3, 0.4) is 0 Å². The number of fused-ring (bicyclic) bond motifs is 11. The van der Waals surface area contributed by atoms with Crippen LogP contribution in [0.1, 0.15) is 11.3 Å². The van der Waals surface area contributed by atoms with E-state index in [1.54, 1.807) is 42.5 Å². The van der Waals surface area contributed by atoms with Gasteiger partial charge in [0.15, 0.2) is 0 Å². The summed E-state index contributed by atoms with van der Waals surface area (Å²) in [5, 5.41) is 9.19. The van der Waals surface area contributed by atoms with Gasteiger partial charge in [-0.15, -0.1) is 0 Å². The average Bonchev–Trinajstić information content (AvgIpc) is 4.32. The van der Waals surface area contributed by atoms with Gasteiger partial charge in [-0.3, -0.25) is 0 Å². The Hall–Kier alpha value is -10.2. The highest BCUT2D eigenvalue weighted by molar-refractivity contribution is 6.21. The summed E-state index contributed by atoms with van der Waals surface area (Å²) in [5.74, 6) is -1.09. The molecule has 0 N–H and O–H groups in total. The van der Waals surface area contributed by atoms with Crippen LogP contribution >= 0.6 is 0 Å². The zero-order valence-corrected chi connectivity index (χ0v) is 43.4. The molecule has 3 heterocycles. The summed E-state index contributed by atoms with van der Waals surface area (Å²) in [6, 6.07) is 80.5. The summed E-state index contributed by atoms with van der Waals surface area (Å²) in [6.45, 7) is 0. The van der Waals surface area contributed by atoms with Gasteiger partial charge >= 0.3 is 0 Å². The third kappa shape index (κ3) is 7.28. The number of halogens is 4. The molecular weight excluding hydrogens is 1010 g/mol. The van der Waals surface area contributed by atoms with Crippen molar-refractivity contribution in [2.24, 2.45) is 0 Å². The number of para-hydroxylation sites is 2. The van der Waals surface area contributed by atoms with E-state index in [-0.39, 0.29) is 23.9 Å².